The Morgan fingerprint density at radius 2 is 1.95 bits per heavy atom. The number of ether oxygens (including phenoxy) is 2. The van der Waals surface area contributed by atoms with Gasteiger partial charge < -0.3 is 14.8 Å². The molecule has 3 fully saturated rings. The van der Waals surface area contributed by atoms with Gasteiger partial charge in [0.1, 0.15) is 17.7 Å². The summed E-state index contributed by atoms with van der Waals surface area (Å²) in [6, 6.07) is 2.93. The van der Waals surface area contributed by atoms with Crippen LogP contribution >= 0.6 is 0 Å². The molecule has 9 nitrogen and oxygen atoms in total. The van der Waals surface area contributed by atoms with Crippen LogP contribution in [-0.4, -0.2) is 63.6 Å². The van der Waals surface area contributed by atoms with E-state index in [0.717, 1.165) is 25.7 Å². The lowest BCUT2D eigenvalue weighted by atomic mass is 9.97. The lowest BCUT2D eigenvalue weighted by Crippen LogP contribution is -2.55. The van der Waals surface area contributed by atoms with Crippen molar-refractivity contribution in [1.82, 2.24) is 20.0 Å². The van der Waals surface area contributed by atoms with E-state index in [2.05, 4.69) is 10.4 Å². The van der Waals surface area contributed by atoms with E-state index < -0.39 is 41.3 Å². The largest absolute Gasteiger partial charge is 0.444 e. The van der Waals surface area contributed by atoms with Gasteiger partial charge in [-0.05, 0) is 70.3 Å². The van der Waals surface area contributed by atoms with Crippen molar-refractivity contribution in [2.45, 2.75) is 89.6 Å². The summed E-state index contributed by atoms with van der Waals surface area (Å²) in [4.78, 5) is 27.7. The molecule has 0 unspecified atom stereocenters. The summed E-state index contributed by atoms with van der Waals surface area (Å²) >= 11 is 0. The van der Waals surface area contributed by atoms with Crippen LogP contribution in [0.3, 0.4) is 0 Å². The predicted octanol–water partition coefficient (Wildman–Crippen LogP) is 4.59. The van der Waals surface area contributed by atoms with Gasteiger partial charge in [0.25, 0.3) is 0 Å². The highest BCUT2D eigenvalue weighted by atomic mass is 19.2. The van der Waals surface area contributed by atoms with Crippen molar-refractivity contribution in [3.63, 3.8) is 0 Å². The molecule has 3 heterocycles. The lowest BCUT2D eigenvalue weighted by Gasteiger charge is -2.35. The first-order chi connectivity index (χ1) is 19.5. The maximum atomic E-state index is 15.2. The highest BCUT2D eigenvalue weighted by Crippen LogP contribution is 2.43. The number of halogens is 2. The second-order valence-corrected chi connectivity index (χ2v) is 12.4. The van der Waals surface area contributed by atoms with E-state index in [1.165, 1.54) is 23.2 Å². The number of carbonyl (C=O) groups is 2. The Bertz CT molecular complexity index is 1330. The summed E-state index contributed by atoms with van der Waals surface area (Å²) in [6.45, 7) is 7.40. The smallest absolute Gasteiger partial charge is 0.411 e. The van der Waals surface area contributed by atoms with E-state index in [1.807, 2.05) is 6.07 Å². The van der Waals surface area contributed by atoms with Crippen molar-refractivity contribution in [3.05, 3.63) is 41.7 Å². The summed E-state index contributed by atoms with van der Waals surface area (Å²) in [7, 11) is 0. The lowest BCUT2D eigenvalue weighted by molar-refractivity contribution is -0.128. The van der Waals surface area contributed by atoms with Crippen molar-refractivity contribution in [2.75, 3.05) is 13.2 Å². The van der Waals surface area contributed by atoms with E-state index in [-0.39, 0.29) is 29.5 Å². The summed E-state index contributed by atoms with van der Waals surface area (Å²) in [6.07, 6.45) is 6.60. The molecule has 2 saturated heterocycles. The average molecular weight is 570 g/mol. The van der Waals surface area contributed by atoms with Gasteiger partial charge >= 0.3 is 6.09 Å². The summed E-state index contributed by atoms with van der Waals surface area (Å²) < 4.78 is 43.1. The summed E-state index contributed by atoms with van der Waals surface area (Å²) in [5, 5.41) is 16.8. The van der Waals surface area contributed by atoms with Crippen molar-refractivity contribution in [3.8, 4) is 17.2 Å². The van der Waals surface area contributed by atoms with Crippen LogP contribution in [0.15, 0.2) is 24.5 Å². The molecule has 220 valence electrons. The minimum atomic E-state index is -1.11. The molecule has 2 aliphatic heterocycles. The normalized spacial score (nSPS) is 23.3. The molecule has 41 heavy (non-hydrogen) atoms. The third-order valence-electron chi connectivity index (χ3n) is 8.25. The number of rotatable bonds is 7. The van der Waals surface area contributed by atoms with Crippen molar-refractivity contribution in [2.24, 2.45) is 11.8 Å². The van der Waals surface area contributed by atoms with Gasteiger partial charge in [-0.15, -0.1) is 0 Å². The van der Waals surface area contributed by atoms with Crippen LogP contribution in [0.5, 0.6) is 0 Å². The number of aromatic nitrogens is 2. The van der Waals surface area contributed by atoms with Crippen LogP contribution in [0.1, 0.15) is 58.4 Å². The minimum absolute atomic E-state index is 0.0235. The van der Waals surface area contributed by atoms with Gasteiger partial charge in [0.05, 0.1) is 12.3 Å². The summed E-state index contributed by atoms with van der Waals surface area (Å²) in [5.74, 6) is -2.18. The molecule has 0 radical (unpaired) electrons. The molecule has 4 atom stereocenters. The van der Waals surface area contributed by atoms with Crippen LogP contribution in [0.2, 0.25) is 0 Å². The molecule has 2 aromatic rings. The van der Waals surface area contributed by atoms with E-state index in [4.69, 9.17) is 9.47 Å². The molecule has 0 spiro atoms. The van der Waals surface area contributed by atoms with Gasteiger partial charge in [0, 0.05) is 49.5 Å². The predicted molar refractivity (Wildman–Crippen MR) is 145 cm³/mol. The number of hydrogen-bond donors (Lipinski definition) is 1. The van der Waals surface area contributed by atoms with Gasteiger partial charge in [-0.3, -0.25) is 14.4 Å². The molecule has 1 saturated carbocycles. The van der Waals surface area contributed by atoms with Gasteiger partial charge in [-0.1, -0.05) is 12.1 Å². The van der Waals surface area contributed by atoms with Gasteiger partial charge in [-0.2, -0.15) is 10.4 Å². The number of amides is 2. The molecule has 2 amide bonds. The number of hydrogen-bond acceptors (Lipinski definition) is 6. The molecule has 1 aromatic heterocycles. The quantitative estimate of drug-likeness (QED) is 0.522. The van der Waals surface area contributed by atoms with Crippen molar-refractivity contribution in [1.29, 1.82) is 5.26 Å². The fourth-order valence-corrected chi connectivity index (χ4v) is 6.28. The van der Waals surface area contributed by atoms with Crippen LogP contribution in [0.25, 0.3) is 11.1 Å². The average Bonchev–Trinajstić information content (AvgIpc) is 3.67. The first-order valence-corrected chi connectivity index (χ1v) is 14.3. The highest BCUT2D eigenvalue weighted by Gasteiger charge is 2.52. The molecule has 1 aromatic carbocycles. The molecule has 5 rings (SSSR count). The Balaban J connectivity index is 1.25. The van der Waals surface area contributed by atoms with E-state index in [1.54, 1.807) is 31.6 Å². The molecule has 11 heteroatoms. The maximum Gasteiger partial charge on any atom is 0.411 e. The third kappa shape index (κ3) is 6.38. The van der Waals surface area contributed by atoms with E-state index >= 15 is 8.78 Å². The molecule has 2 bridgehead atoms. The van der Waals surface area contributed by atoms with E-state index in [0.29, 0.717) is 37.7 Å². The topological polar surface area (TPSA) is 109 Å². The molecule has 3 aliphatic rings. The Labute approximate surface area is 238 Å². The van der Waals surface area contributed by atoms with Crippen LogP contribution in [0.4, 0.5) is 13.6 Å². The number of benzene rings is 1. The zero-order chi connectivity index (χ0) is 29.3. The number of nitrogens with one attached hydrogen (secondary N) is 1. The van der Waals surface area contributed by atoms with Crippen molar-refractivity contribution >= 4 is 12.0 Å². The Kier molecular flexibility index (Phi) is 8.32. The number of likely N-dealkylation sites (tertiary alicyclic amines) is 1. The number of nitriles is 1. The minimum Gasteiger partial charge on any atom is -0.444 e. The van der Waals surface area contributed by atoms with Crippen molar-refractivity contribution < 1.29 is 27.8 Å². The van der Waals surface area contributed by atoms with Gasteiger partial charge in [-0.25, -0.2) is 13.6 Å². The van der Waals surface area contributed by atoms with Gasteiger partial charge in [0.2, 0.25) is 5.91 Å². The molecular weight excluding hydrogens is 532 g/mol. The standard InChI is InChI=1S/C30H37F2N5O4/c1-30(2,3)41-29(39)37-23-6-4-20(13-23)27(37)28(38)35-22(14-33)12-19-5-7-24(26(32)25(19)31)21-15-34-36(17-21)16-18-8-10-40-11-9-18/h5,7,15,17-18,20,22-23,27H,4,6,8-13,16H2,1-3H3,(H,35,38)/t20-,22-,23+,27-/m0/s1. The Morgan fingerprint density at radius 1 is 1.20 bits per heavy atom. The number of carbonyl (C=O) groups excluding carboxylic acids is 2. The Hall–Kier alpha value is -3.52. The van der Waals surface area contributed by atoms with Crippen LogP contribution < -0.4 is 5.32 Å². The number of fused-ring (bicyclic) bond motifs is 2. The third-order valence-corrected chi connectivity index (χ3v) is 8.25. The maximum absolute atomic E-state index is 15.2. The fraction of sp³-hybridized carbons (Fsp3) is 0.600. The molecular formula is C30H37F2N5O4. The molecule has 1 aliphatic carbocycles. The highest BCUT2D eigenvalue weighted by molar-refractivity contribution is 5.87. The SMILES string of the molecule is CC(C)(C)OC(=O)N1[C@@H]2CC[C@@H](C2)[C@H]1C(=O)N[C@H](C#N)Cc1ccc(-c2cnn(CC3CCOCC3)c2)c(F)c1F. The zero-order valence-corrected chi connectivity index (χ0v) is 23.7. The first kappa shape index (κ1) is 29.0. The second-order valence-electron chi connectivity index (χ2n) is 12.4. The monoisotopic (exact) mass is 569 g/mol. The van der Waals surface area contributed by atoms with E-state index in [9.17, 15) is 14.9 Å². The fourth-order valence-electron chi connectivity index (χ4n) is 6.28. The van der Waals surface area contributed by atoms with Crippen LogP contribution in [0, 0.1) is 34.8 Å². The second kappa shape index (κ2) is 11.8. The first-order valence-electron chi connectivity index (χ1n) is 14.3. The zero-order valence-electron chi connectivity index (χ0n) is 23.7. The number of piperidine rings is 1. The molecule has 1 N–H and O–H groups in total. The summed E-state index contributed by atoms with van der Waals surface area (Å²) in [5.41, 5.74) is -0.197. The van der Waals surface area contributed by atoms with Crippen LogP contribution in [-0.2, 0) is 27.2 Å². The van der Waals surface area contributed by atoms with Gasteiger partial charge in [0.15, 0.2) is 11.6 Å². The Morgan fingerprint density at radius 3 is 2.66 bits per heavy atom. The number of nitrogens with zero attached hydrogens (tertiary/aromatic N) is 4.